The van der Waals surface area contributed by atoms with Crippen molar-refractivity contribution in [3.8, 4) is 0 Å². The molecule has 0 saturated carbocycles. The van der Waals surface area contributed by atoms with Crippen LogP contribution in [0.2, 0.25) is 0 Å². The Morgan fingerprint density at radius 1 is 1.08 bits per heavy atom. The molecule has 1 heterocycles. The second kappa shape index (κ2) is 7.72. The molecule has 128 valence electrons. The first-order chi connectivity index (χ1) is 11.3. The molecule has 2 N–H and O–H groups in total. The maximum Gasteiger partial charge on any atom is 0.407 e. The molecule has 7 heteroatoms. The van der Waals surface area contributed by atoms with Gasteiger partial charge in [-0.05, 0) is 31.9 Å². The number of carbonyl (C=O) groups excluding carboxylic acids is 1. The summed E-state index contributed by atoms with van der Waals surface area (Å²) in [4.78, 5) is 19.3. The fraction of sp³-hybridized carbons (Fsp3) is 0.353. The van der Waals surface area contributed by atoms with Gasteiger partial charge in [0.25, 0.3) is 0 Å². The number of benzene rings is 1. The third-order valence-corrected chi connectivity index (χ3v) is 2.93. The van der Waals surface area contributed by atoms with Gasteiger partial charge in [0.05, 0.1) is 12.4 Å². The number of anilines is 1. The molecule has 0 bridgehead atoms. The molecule has 0 aliphatic heterocycles. The van der Waals surface area contributed by atoms with Gasteiger partial charge in [0.15, 0.2) is 5.82 Å². The van der Waals surface area contributed by atoms with Crippen LogP contribution >= 0.6 is 0 Å². The Hall–Kier alpha value is -2.70. The smallest absolute Gasteiger partial charge is 0.407 e. The van der Waals surface area contributed by atoms with Crippen LogP contribution in [0, 0.1) is 5.82 Å². The largest absolute Gasteiger partial charge is 0.444 e. The molecule has 0 fully saturated rings. The standard InChI is InChI=1S/C17H21FN4O2/c1-17(2,3)24-16(23)22-9-13-6-4-12(5-7-13)8-19-15-20-10-14(18)11-21-15/h4-7,10-11H,8-9H2,1-3H3,(H,22,23)(H,19,20,21). The predicted octanol–water partition coefficient (Wildman–Crippen LogP) is 3.25. The van der Waals surface area contributed by atoms with Gasteiger partial charge in [-0.3, -0.25) is 0 Å². The molecule has 0 radical (unpaired) electrons. The van der Waals surface area contributed by atoms with E-state index in [1.54, 1.807) is 0 Å². The number of carbonyl (C=O) groups is 1. The van der Waals surface area contributed by atoms with Crippen LogP contribution < -0.4 is 10.6 Å². The maximum absolute atomic E-state index is 12.7. The zero-order valence-electron chi connectivity index (χ0n) is 14.0. The Balaban J connectivity index is 1.80. The molecule has 0 atom stereocenters. The van der Waals surface area contributed by atoms with Crippen molar-refractivity contribution in [3.05, 3.63) is 53.6 Å². The molecule has 2 aromatic rings. The van der Waals surface area contributed by atoms with E-state index in [-0.39, 0.29) is 0 Å². The Labute approximate surface area is 140 Å². The van der Waals surface area contributed by atoms with Gasteiger partial charge in [-0.2, -0.15) is 0 Å². The average Bonchev–Trinajstić information content (AvgIpc) is 2.52. The molecule has 24 heavy (non-hydrogen) atoms. The van der Waals surface area contributed by atoms with Crippen molar-refractivity contribution in [2.24, 2.45) is 0 Å². The summed E-state index contributed by atoms with van der Waals surface area (Å²) in [5.74, 6) is -0.102. The maximum atomic E-state index is 12.7. The number of nitrogens with one attached hydrogen (secondary N) is 2. The van der Waals surface area contributed by atoms with Crippen molar-refractivity contribution < 1.29 is 13.9 Å². The summed E-state index contributed by atoms with van der Waals surface area (Å²) >= 11 is 0. The fourth-order valence-electron chi connectivity index (χ4n) is 1.85. The zero-order chi connectivity index (χ0) is 17.6. The van der Waals surface area contributed by atoms with E-state index in [2.05, 4.69) is 20.6 Å². The predicted molar refractivity (Wildman–Crippen MR) is 88.8 cm³/mol. The minimum absolute atomic E-state index is 0.368. The van der Waals surface area contributed by atoms with Crippen molar-refractivity contribution in [1.82, 2.24) is 15.3 Å². The van der Waals surface area contributed by atoms with Crippen molar-refractivity contribution >= 4 is 12.0 Å². The number of rotatable bonds is 5. The van der Waals surface area contributed by atoms with Crippen molar-refractivity contribution in [1.29, 1.82) is 0 Å². The summed E-state index contributed by atoms with van der Waals surface area (Å²) in [6.07, 6.45) is 1.78. The number of halogens is 1. The molecule has 1 aromatic heterocycles. The minimum atomic E-state index is -0.512. The molecule has 1 amide bonds. The molecule has 6 nitrogen and oxygen atoms in total. The van der Waals surface area contributed by atoms with E-state index in [0.29, 0.717) is 19.0 Å². The van der Waals surface area contributed by atoms with Gasteiger partial charge >= 0.3 is 6.09 Å². The van der Waals surface area contributed by atoms with Gasteiger partial charge in [-0.15, -0.1) is 0 Å². The van der Waals surface area contributed by atoms with E-state index in [0.717, 1.165) is 23.5 Å². The zero-order valence-corrected chi connectivity index (χ0v) is 14.0. The van der Waals surface area contributed by atoms with Crippen LogP contribution in [0.25, 0.3) is 0 Å². The van der Waals surface area contributed by atoms with Crippen LogP contribution in [-0.4, -0.2) is 21.7 Å². The number of ether oxygens (including phenoxy) is 1. The Bertz CT molecular complexity index is 666. The quantitative estimate of drug-likeness (QED) is 0.879. The molecule has 0 aliphatic rings. The number of hydrogen-bond acceptors (Lipinski definition) is 5. The third-order valence-electron chi connectivity index (χ3n) is 2.93. The number of hydrogen-bond donors (Lipinski definition) is 2. The lowest BCUT2D eigenvalue weighted by Crippen LogP contribution is -2.32. The number of alkyl carbamates (subject to hydrolysis) is 1. The molecule has 0 aliphatic carbocycles. The Kier molecular flexibility index (Phi) is 5.68. The fourth-order valence-corrected chi connectivity index (χ4v) is 1.85. The van der Waals surface area contributed by atoms with Crippen LogP contribution in [0.15, 0.2) is 36.7 Å². The van der Waals surface area contributed by atoms with E-state index in [4.69, 9.17) is 4.74 Å². The van der Waals surface area contributed by atoms with E-state index in [1.807, 2.05) is 45.0 Å². The van der Waals surface area contributed by atoms with Gasteiger partial charge in [0.1, 0.15) is 5.60 Å². The van der Waals surface area contributed by atoms with Crippen LogP contribution in [0.1, 0.15) is 31.9 Å². The highest BCUT2D eigenvalue weighted by Gasteiger charge is 2.15. The first kappa shape index (κ1) is 17.7. The van der Waals surface area contributed by atoms with E-state index < -0.39 is 17.5 Å². The van der Waals surface area contributed by atoms with Crippen LogP contribution in [-0.2, 0) is 17.8 Å². The minimum Gasteiger partial charge on any atom is -0.444 e. The highest BCUT2D eigenvalue weighted by molar-refractivity contribution is 5.67. The Morgan fingerprint density at radius 2 is 1.62 bits per heavy atom. The Morgan fingerprint density at radius 3 is 2.17 bits per heavy atom. The summed E-state index contributed by atoms with van der Waals surface area (Å²) in [6.45, 7) is 6.37. The number of aromatic nitrogens is 2. The first-order valence-corrected chi connectivity index (χ1v) is 7.58. The summed E-state index contributed by atoms with van der Waals surface area (Å²) in [5.41, 5.74) is 1.47. The number of nitrogens with zero attached hydrogens (tertiary/aromatic N) is 2. The molecule has 0 saturated heterocycles. The van der Waals surface area contributed by atoms with Crippen LogP contribution in [0.4, 0.5) is 15.1 Å². The van der Waals surface area contributed by atoms with Crippen LogP contribution in [0.3, 0.4) is 0 Å². The lowest BCUT2D eigenvalue weighted by Gasteiger charge is -2.19. The van der Waals surface area contributed by atoms with Gasteiger partial charge in [0, 0.05) is 13.1 Å². The lowest BCUT2D eigenvalue weighted by atomic mass is 10.1. The van der Waals surface area contributed by atoms with E-state index in [9.17, 15) is 9.18 Å². The highest BCUT2D eigenvalue weighted by atomic mass is 19.1. The topological polar surface area (TPSA) is 76.1 Å². The summed E-state index contributed by atoms with van der Waals surface area (Å²) in [6, 6.07) is 7.70. The van der Waals surface area contributed by atoms with Gasteiger partial charge in [0.2, 0.25) is 5.95 Å². The molecule has 2 rings (SSSR count). The van der Waals surface area contributed by atoms with E-state index >= 15 is 0 Å². The van der Waals surface area contributed by atoms with E-state index in [1.165, 1.54) is 0 Å². The molecule has 0 unspecified atom stereocenters. The molecular weight excluding hydrogens is 311 g/mol. The monoisotopic (exact) mass is 332 g/mol. The second-order valence-corrected chi connectivity index (χ2v) is 6.25. The first-order valence-electron chi connectivity index (χ1n) is 7.58. The molecule has 0 spiro atoms. The SMILES string of the molecule is CC(C)(C)OC(=O)NCc1ccc(CNc2ncc(F)cn2)cc1. The third kappa shape index (κ3) is 6.20. The summed E-state index contributed by atoms with van der Waals surface area (Å²) < 4.78 is 17.9. The van der Waals surface area contributed by atoms with Gasteiger partial charge in [-0.1, -0.05) is 24.3 Å². The normalized spacial score (nSPS) is 11.0. The van der Waals surface area contributed by atoms with Crippen molar-refractivity contribution in [2.75, 3.05) is 5.32 Å². The van der Waals surface area contributed by atoms with Crippen molar-refractivity contribution in [2.45, 2.75) is 39.5 Å². The van der Waals surface area contributed by atoms with Gasteiger partial charge in [-0.25, -0.2) is 19.2 Å². The summed E-state index contributed by atoms with van der Waals surface area (Å²) in [7, 11) is 0. The number of amides is 1. The summed E-state index contributed by atoms with van der Waals surface area (Å²) in [5, 5.41) is 5.71. The lowest BCUT2D eigenvalue weighted by molar-refractivity contribution is 0.0523. The molecular formula is C17H21FN4O2. The van der Waals surface area contributed by atoms with Gasteiger partial charge < -0.3 is 15.4 Å². The second-order valence-electron chi connectivity index (χ2n) is 6.25. The van der Waals surface area contributed by atoms with Crippen LogP contribution in [0.5, 0.6) is 0 Å². The highest BCUT2D eigenvalue weighted by Crippen LogP contribution is 2.09. The average molecular weight is 332 g/mol. The molecule has 1 aromatic carbocycles. The van der Waals surface area contributed by atoms with Crippen molar-refractivity contribution in [3.63, 3.8) is 0 Å².